The van der Waals surface area contributed by atoms with Gasteiger partial charge in [-0.3, -0.25) is 14.9 Å². The van der Waals surface area contributed by atoms with Crippen molar-refractivity contribution in [1.29, 1.82) is 0 Å². The summed E-state index contributed by atoms with van der Waals surface area (Å²) in [6.07, 6.45) is 0. The second kappa shape index (κ2) is 5.96. The van der Waals surface area contributed by atoms with Crippen LogP contribution in [0.3, 0.4) is 0 Å². The molecule has 0 aliphatic carbocycles. The molecule has 1 aromatic heterocycles. The van der Waals surface area contributed by atoms with E-state index in [9.17, 15) is 23.7 Å². The number of carbonyl (C=O) groups excluding carboxylic acids is 1. The van der Waals surface area contributed by atoms with Crippen molar-refractivity contribution < 1.29 is 18.5 Å². The molecule has 0 saturated carbocycles. The maximum Gasteiger partial charge on any atom is 0.324 e. The van der Waals surface area contributed by atoms with Gasteiger partial charge in [0.2, 0.25) is 0 Å². The molecule has 0 fully saturated rings. The van der Waals surface area contributed by atoms with E-state index in [2.05, 4.69) is 5.32 Å². The summed E-state index contributed by atoms with van der Waals surface area (Å²) in [6.45, 7) is 1.54. The van der Waals surface area contributed by atoms with E-state index >= 15 is 0 Å². The molecule has 1 atom stereocenters. The molecular formula is C13H10F2N2O3S. The largest absolute Gasteiger partial charge is 0.345 e. The summed E-state index contributed by atoms with van der Waals surface area (Å²) in [7, 11) is 0. The van der Waals surface area contributed by atoms with Gasteiger partial charge in [0.1, 0.15) is 11.6 Å². The summed E-state index contributed by atoms with van der Waals surface area (Å²) < 4.78 is 26.4. The molecule has 0 aliphatic rings. The van der Waals surface area contributed by atoms with Gasteiger partial charge in [-0.05, 0) is 13.0 Å². The zero-order valence-electron chi connectivity index (χ0n) is 10.8. The number of amides is 1. The van der Waals surface area contributed by atoms with Gasteiger partial charge in [0.05, 0.1) is 16.5 Å². The molecule has 0 radical (unpaired) electrons. The molecule has 1 N–H and O–H groups in total. The fourth-order valence-corrected chi connectivity index (χ4v) is 2.45. The molecule has 0 bridgehead atoms. The SMILES string of the molecule is C[C@@H](NC(=O)c1csc([N+](=O)[O-])c1)c1ccc(F)cc1F. The smallest absolute Gasteiger partial charge is 0.324 e. The Morgan fingerprint density at radius 2 is 2.10 bits per heavy atom. The zero-order valence-corrected chi connectivity index (χ0v) is 11.6. The Kier molecular flexibility index (Phi) is 4.27. The van der Waals surface area contributed by atoms with Crippen LogP contribution in [0.2, 0.25) is 0 Å². The molecule has 2 rings (SSSR count). The molecule has 1 amide bonds. The lowest BCUT2D eigenvalue weighted by molar-refractivity contribution is -0.380. The highest BCUT2D eigenvalue weighted by molar-refractivity contribution is 7.13. The predicted octanol–water partition coefficient (Wildman–Crippen LogP) is 3.43. The van der Waals surface area contributed by atoms with Gasteiger partial charge in [-0.1, -0.05) is 17.4 Å². The van der Waals surface area contributed by atoms with Crippen LogP contribution in [0, 0.1) is 21.7 Å². The number of hydrogen-bond donors (Lipinski definition) is 1. The van der Waals surface area contributed by atoms with Crippen molar-refractivity contribution in [3.05, 3.63) is 62.5 Å². The van der Waals surface area contributed by atoms with Crippen LogP contribution in [0.5, 0.6) is 0 Å². The quantitative estimate of drug-likeness (QED) is 0.694. The number of rotatable bonds is 4. The Balaban J connectivity index is 2.12. The lowest BCUT2D eigenvalue weighted by Crippen LogP contribution is -2.26. The standard InChI is InChI=1S/C13H10F2N2O3S/c1-7(10-3-2-9(14)5-11(10)15)16-13(18)8-4-12(17(19)20)21-6-8/h2-7H,1H3,(H,16,18)/t7-/m1/s1. The van der Waals surface area contributed by atoms with E-state index in [1.54, 1.807) is 0 Å². The second-order valence-electron chi connectivity index (χ2n) is 4.29. The monoisotopic (exact) mass is 312 g/mol. The van der Waals surface area contributed by atoms with Gasteiger partial charge in [-0.15, -0.1) is 0 Å². The third-order valence-electron chi connectivity index (χ3n) is 2.80. The highest BCUT2D eigenvalue weighted by Gasteiger charge is 2.18. The van der Waals surface area contributed by atoms with E-state index in [4.69, 9.17) is 0 Å². The van der Waals surface area contributed by atoms with E-state index in [1.807, 2.05) is 0 Å². The molecule has 2 aromatic rings. The Hall–Kier alpha value is -2.35. The lowest BCUT2D eigenvalue weighted by Gasteiger charge is -2.14. The highest BCUT2D eigenvalue weighted by atomic mass is 32.1. The van der Waals surface area contributed by atoms with Gasteiger partial charge in [-0.2, -0.15) is 0 Å². The fourth-order valence-electron chi connectivity index (χ4n) is 1.75. The number of nitro groups is 1. The van der Waals surface area contributed by atoms with Crippen LogP contribution >= 0.6 is 11.3 Å². The number of carbonyl (C=O) groups is 1. The minimum atomic E-state index is -0.765. The molecule has 5 nitrogen and oxygen atoms in total. The van der Waals surface area contributed by atoms with Crippen molar-refractivity contribution in [2.45, 2.75) is 13.0 Å². The number of nitrogens with zero attached hydrogens (tertiary/aromatic N) is 1. The van der Waals surface area contributed by atoms with Crippen LogP contribution in [-0.4, -0.2) is 10.8 Å². The highest BCUT2D eigenvalue weighted by Crippen LogP contribution is 2.23. The third kappa shape index (κ3) is 3.40. The van der Waals surface area contributed by atoms with Crippen molar-refractivity contribution in [3.63, 3.8) is 0 Å². The Bertz CT molecular complexity index is 702. The fraction of sp³-hybridized carbons (Fsp3) is 0.154. The summed E-state index contributed by atoms with van der Waals surface area (Å²) in [5.41, 5.74) is 0.260. The van der Waals surface area contributed by atoms with Crippen molar-refractivity contribution in [2.24, 2.45) is 0 Å². The maximum atomic E-state index is 13.6. The molecule has 0 unspecified atom stereocenters. The molecule has 0 saturated heterocycles. The molecular weight excluding hydrogens is 302 g/mol. The topological polar surface area (TPSA) is 72.2 Å². The van der Waals surface area contributed by atoms with E-state index in [0.717, 1.165) is 29.5 Å². The predicted molar refractivity (Wildman–Crippen MR) is 73.2 cm³/mol. The van der Waals surface area contributed by atoms with Gasteiger partial charge in [0, 0.05) is 23.1 Å². The third-order valence-corrected chi connectivity index (χ3v) is 3.68. The number of hydrogen-bond acceptors (Lipinski definition) is 4. The number of nitrogens with one attached hydrogen (secondary N) is 1. The molecule has 21 heavy (non-hydrogen) atoms. The zero-order chi connectivity index (χ0) is 15.6. The Labute approximate surface area is 122 Å². The van der Waals surface area contributed by atoms with Crippen molar-refractivity contribution >= 4 is 22.2 Å². The molecule has 1 aromatic carbocycles. The minimum Gasteiger partial charge on any atom is -0.345 e. The number of benzene rings is 1. The first-order valence-electron chi connectivity index (χ1n) is 5.87. The first-order valence-corrected chi connectivity index (χ1v) is 6.75. The first-order chi connectivity index (χ1) is 9.88. The van der Waals surface area contributed by atoms with Gasteiger partial charge in [0.15, 0.2) is 0 Å². The van der Waals surface area contributed by atoms with Crippen LogP contribution in [0.4, 0.5) is 13.8 Å². The summed E-state index contributed by atoms with van der Waals surface area (Å²) in [5, 5.41) is 14.3. The molecule has 1 heterocycles. The average molecular weight is 312 g/mol. The van der Waals surface area contributed by atoms with E-state index in [-0.39, 0.29) is 16.1 Å². The van der Waals surface area contributed by atoms with E-state index < -0.39 is 28.5 Å². The van der Waals surface area contributed by atoms with Crippen LogP contribution in [0.15, 0.2) is 29.6 Å². The van der Waals surface area contributed by atoms with Crippen molar-refractivity contribution in [3.8, 4) is 0 Å². The van der Waals surface area contributed by atoms with Gasteiger partial charge < -0.3 is 5.32 Å². The van der Waals surface area contributed by atoms with Crippen molar-refractivity contribution in [1.82, 2.24) is 5.32 Å². The number of halogens is 2. The molecule has 110 valence electrons. The van der Waals surface area contributed by atoms with Crippen LogP contribution in [-0.2, 0) is 0 Å². The van der Waals surface area contributed by atoms with Crippen LogP contribution in [0.1, 0.15) is 28.9 Å². The lowest BCUT2D eigenvalue weighted by atomic mass is 10.1. The summed E-state index contributed by atoms with van der Waals surface area (Å²) in [5.74, 6) is -2.03. The maximum absolute atomic E-state index is 13.6. The summed E-state index contributed by atoms with van der Waals surface area (Å²) in [4.78, 5) is 21.9. The van der Waals surface area contributed by atoms with Gasteiger partial charge in [0.25, 0.3) is 5.91 Å². The van der Waals surface area contributed by atoms with Crippen molar-refractivity contribution in [2.75, 3.05) is 0 Å². The minimum absolute atomic E-state index is 0.126. The summed E-state index contributed by atoms with van der Waals surface area (Å²) >= 11 is 0.830. The number of thiophene rings is 1. The first kappa shape index (κ1) is 15.0. The molecule has 0 aliphatic heterocycles. The van der Waals surface area contributed by atoms with Gasteiger partial charge >= 0.3 is 5.00 Å². The van der Waals surface area contributed by atoms with Crippen LogP contribution < -0.4 is 5.32 Å². The van der Waals surface area contributed by atoms with Gasteiger partial charge in [-0.25, -0.2) is 8.78 Å². The Morgan fingerprint density at radius 1 is 1.38 bits per heavy atom. The Morgan fingerprint density at radius 3 is 2.67 bits per heavy atom. The second-order valence-corrected chi connectivity index (χ2v) is 5.18. The summed E-state index contributed by atoms with van der Waals surface area (Å²) in [6, 6.07) is 3.51. The molecule has 8 heteroatoms. The normalized spacial score (nSPS) is 12.0. The van der Waals surface area contributed by atoms with E-state index in [1.165, 1.54) is 18.4 Å². The molecule has 0 spiro atoms. The average Bonchev–Trinajstić information content (AvgIpc) is 2.88. The van der Waals surface area contributed by atoms with Crippen LogP contribution in [0.25, 0.3) is 0 Å². The van der Waals surface area contributed by atoms with E-state index in [0.29, 0.717) is 0 Å².